The largest absolute Gasteiger partial charge is 0.396 e. The average molecular weight is 236 g/mol. The van der Waals surface area contributed by atoms with Crippen LogP contribution in [0.1, 0.15) is 13.8 Å². The van der Waals surface area contributed by atoms with Crippen LogP contribution in [-0.4, -0.2) is 42.5 Å². The zero-order chi connectivity index (χ0) is 13.0. The molecule has 0 aliphatic heterocycles. The van der Waals surface area contributed by atoms with E-state index >= 15 is 0 Å². The molecule has 0 saturated carbocycles. The average Bonchev–Trinajstić information content (AvgIpc) is 2.28. The third-order valence-electron chi connectivity index (χ3n) is 2.78. The molecule has 0 unspecified atom stereocenters. The molecule has 0 atom stereocenters. The first-order chi connectivity index (χ1) is 7.93. The number of carbonyl (C=O) groups is 1. The van der Waals surface area contributed by atoms with Crippen LogP contribution < -0.4 is 10.6 Å². The van der Waals surface area contributed by atoms with E-state index in [1.807, 2.05) is 25.8 Å². The van der Waals surface area contributed by atoms with Crippen LogP contribution in [0.2, 0.25) is 0 Å². The molecule has 0 aliphatic rings. The number of nitrogens with two attached hydrogens (primary N) is 1. The van der Waals surface area contributed by atoms with Gasteiger partial charge in [0.05, 0.1) is 24.1 Å². The Bertz CT molecular complexity index is 392. The summed E-state index contributed by atoms with van der Waals surface area (Å²) in [6.45, 7) is 4.28. The molecule has 5 nitrogen and oxygen atoms in total. The van der Waals surface area contributed by atoms with Gasteiger partial charge in [-0.05, 0) is 19.9 Å². The number of rotatable bonds is 4. The van der Waals surface area contributed by atoms with E-state index in [2.05, 4.69) is 4.98 Å². The van der Waals surface area contributed by atoms with Gasteiger partial charge in [0, 0.05) is 26.3 Å². The molecule has 0 fully saturated rings. The van der Waals surface area contributed by atoms with Crippen LogP contribution in [0, 0.1) is 0 Å². The Morgan fingerprint density at radius 1 is 1.47 bits per heavy atom. The van der Waals surface area contributed by atoms with Gasteiger partial charge >= 0.3 is 0 Å². The van der Waals surface area contributed by atoms with E-state index in [0.29, 0.717) is 12.2 Å². The highest BCUT2D eigenvalue weighted by atomic mass is 16.2. The minimum absolute atomic E-state index is 0.0683. The number of anilines is 2. The van der Waals surface area contributed by atoms with Gasteiger partial charge in [-0.3, -0.25) is 9.78 Å². The quantitative estimate of drug-likeness (QED) is 0.846. The third-order valence-corrected chi connectivity index (χ3v) is 2.78. The van der Waals surface area contributed by atoms with Gasteiger partial charge in [-0.25, -0.2) is 0 Å². The molecule has 94 valence electrons. The number of aromatic nitrogens is 1. The van der Waals surface area contributed by atoms with E-state index in [1.54, 1.807) is 30.4 Å². The fourth-order valence-electron chi connectivity index (χ4n) is 1.43. The fraction of sp³-hybridized carbons (Fsp3) is 0.500. The van der Waals surface area contributed by atoms with E-state index in [0.717, 1.165) is 5.69 Å². The Morgan fingerprint density at radius 3 is 2.65 bits per heavy atom. The van der Waals surface area contributed by atoms with Crippen LogP contribution in [0.3, 0.4) is 0 Å². The number of pyridine rings is 1. The predicted molar refractivity (Wildman–Crippen MR) is 69.8 cm³/mol. The number of carbonyl (C=O) groups excluding carboxylic acids is 1. The maximum atomic E-state index is 11.9. The van der Waals surface area contributed by atoms with Crippen LogP contribution >= 0.6 is 0 Å². The molecule has 0 radical (unpaired) electrons. The number of likely N-dealkylation sites (N-methyl/N-ethyl adjacent to an activating group) is 2. The van der Waals surface area contributed by atoms with Crippen molar-refractivity contribution in [2.24, 2.45) is 0 Å². The molecule has 0 aliphatic carbocycles. The van der Waals surface area contributed by atoms with E-state index in [1.165, 1.54) is 0 Å². The van der Waals surface area contributed by atoms with Gasteiger partial charge < -0.3 is 15.5 Å². The summed E-state index contributed by atoms with van der Waals surface area (Å²) in [6.07, 6.45) is 3.25. The maximum absolute atomic E-state index is 11.9. The summed E-state index contributed by atoms with van der Waals surface area (Å²) in [5, 5.41) is 0. The summed E-state index contributed by atoms with van der Waals surface area (Å²) in [6, 6.07) is 2.00. The lowest BCUT2D eigenvalue weighted by molar-refractivity contribution is -0.129. The summed E-state index contributed by atoms with van der Waals surface area (Å²) >= 11 is 0. The van der Waals surface area contributed by atoms with Crippen molar-refractivity contribution >= 4 is 17.3 Å². The molecule has 2 N–H and O–H groups in total. The van der Waals surface area contributed by atoms with Crippen molar-refractivity contribution in [3.63, 3.8) is 0 Å². The molecule has 1 heterocycles. The van der Waals surface area contributed by atoms with Crippen LogP contribution in [0.15, 0.2) is 18.5 Å². The lowest BCUT2D eigenvalue weighted by atomic mass is 10.3. The lowest BCUT2D eigenvalue weighted by Crippen LogP contribution is -2.40. The minimum atomic E-state index is 0.0683. The third kappa shape index (κ3) is 3.34. The highest BCUT2D eigenvalue weighted by molar-refractivity contribution is 5.82. The van der Waals surface area contributed by atoms with Crippen molar-refractivity contribution in [2.45, 2.75) is 19.9 Å². The van der Waals surface area contributed by atoms with Gasteiger partial charge in [-0.1, -0.05) is 0 Å². The lowest BCUT2D eigenvalue weighted by Gasteiger charge is -2.26. The van der Waals surface area contributed by atoms with Gasteiger partial charge in [-0.15, -0.1) is 0 Å². The van der Waals surface area contributed by atoms with Crippen LogP contribution in [0.25, 0.3) is 0 Å². The van der Waals surface area contributed by atoms with Gasteiger partial charge in [0.2, 0.25) is 5.91 Å². The number of nitrogens with zero attached hydrogens (tertiary/aromatic N) is 3. The van der Waals surface area contributed by atoms with Crippen molar-refractivity contribution in [1.82, 2.24) is 9.88 Å². The van der Waals surface area contributed by atoms with Crippen LogP contribution in [-0.2, 0) is 4.79 Å². The second-order valence-corrected chi connectivity index (χ2v) is 4.39. The summed E-state index contributed by atoms with van der Waals surface area (Å²) in [7, 11) is 3.65. The molecule has 1 rings (SSSR count). The van der Waals surface area contributed by atoms with Crippen LogP contribution in [0.5, 0.6) is 0 Å². The zero-order valence-corrected chi connectivity index (χ0v) is 10.8. The number of hydrogen-bond donors (Lipinski definition) is 1. The summed E-state index contributed by atoms with van der Waals surface area (Å²) in [5.41, 5.74) is 7.21. The van der Waals surface area contributed by atoms with Crippen molar-refractivity contribution < 1.29 is 4.79 Å². The monoisotopic (exact) mass is 236 g/mol. The van der Waals surface area contributed by atoms with Crippen molar-refractivity contribution in [2.75, 3.05) is 31.3 Å². The SMILES string of the molecule is CC(C)N(C)C(=O)CN(C)c1ccncc1N. The van der Waals surface area contributed by atoms with Gasteiger partial charge in [0.15, 0.2) is 0 Å². The molecule has 0 spiro atoms. The molecular formula is C12H20N4O. The first kappa shape index (κ1) is 13.3. The zero-order valence-electron chi connectivity index (χ0n) is 10.8. The molecule has 1 aromatic heterocycles. The number of nitrogen functional groups attached to an aromatic ring is 1. The highest BCUT2D eigenvalue weighted by Crippen LogP contribution is 2.19. The Balaban J connectivity index is 2.70. The van der Waals surface area contributed by atoms with Gasteiger partial charge in [-0.2, -0.15) is 0 Å². The molecule has 0 saturated heterocycles. The molecule has 1 aromatic rings. The smallest absolute Gasteiger partial charge is 0.242 e. The van der Waals surface area contributed by atoms with E-state index in [9.17, 15) is 4.79 Å². The van der Waals surface area contributed by atoms with Crippen molar-refractivity contribution in [3.05, 3.63) is 18.5 Å². The normalized spacial score (nSPS) is 10.4. The molecule has 0 bridgehead atoms. The topological polar surface area (TPSA) is 62.5 Å². The summed E-state index contributed by atoms with van der Waals surface area (Å²) < 4.78 is 0. The molecule has 5 heteroatoms. The van der Waals surface area contributed by atoms with E-state index in [4.69, 9.17) is 5.73 Å². The summed E-state index contributed by atoms with van der Waals surface area (Å²) in [5.74, 6) is 0.0683. The maximum Gasteiger partial charge on any atom is 0.242 e. The Labute approximate surface area is 102 Å². The van der Waals surface area contributed by atoms with Crippen molar-refractivity contribution in [1.29, 1.82) is 0 Å². The highest BCUT2D eigenvalue weighted by Gasteiger charge is 2.15. The van der Waals surface area contributed by atoms with E-state index < -0.39 is 0 Å². The Hall–Kier alpha value is -1.78. The Kier molecular flexibility index (Phi) is 4.31. The van der Waals surface area contributed by atoms with E-state index in [-0.39, 0.29) is 11.9 Å². The van der Waals surface area contributed by atoms with Crippen LogP contribution in [0.4, 0.5) is 11.4 Å². The fourth-order valence-corrected chi connectivity index (χ4v) is 1.43. The predicted octanol–water partition coefficient (Wildman–Crippen LogP) is 0.967. The standard InChI is InChI=1S/C12H20N4O/c1-9(2)16(4)12(17)8-15(3)11-5-6-14-7-10(11)13/h5-7,9H,8,13H2,1-4H3. The second kappa shape index (κ2) is 5.52. The second-order valence-electron chi connectivity index (χ2n) is 4.39. The Morgan fingerprint density at radius 2 is 2.12 bits per heavy atom. The summed E-state index contributed by atoms with van der Waals surface area (Å²) in [4.78, 5) is 19.4. The van der Waals surface area contributed by atoms with Gasteiger partial charge in [0.1, 0.15) is 0 Å². The number of hydrogen-bond acceptors (Lipinski definition) is 4. The molecule has 1 amide bonds. The molecule has 0 aromatic carbocycles. The molecular weight excluding hydrogens is 216 g/mol. The first-order valence-electron chi connectivity index (χ1n) is 5.59. The molecule has 17 heavy (non-hydrogen) atoms. The first-order valence-corrected chi connectivity index (χ1v) is 5.59. The van der Waals surface area contributed by atoms with Crippen molar-refractivity contribution in [3.8, 4) is 0 Å². The van der Waals surface area contributed by atoms with Gasteiger partial charge in [0.25, 0.3) is 0 Å². The minimum Gasteiger partial charge on any atom is -0.396 e. The number of amides is 1.